The summed E-state index contributed by atoms with van der Waals surface area (Å²) in [6, 6.07) is 10.4. The van der Waals surface area contributed by atoms with Gasteiger partial charge in [-0.2, -0.15) is 5.10 Å². The van der Waals surface area contributed by atoms with Crippen LogP contribution in [0.3, 0.4) is 0 Å². The molecule has 1 aliphatic rings. The first kappa shape index (κ1) is 21.2. The van der Waals surface area contributed by atoms with E-state index in [-0.39, 0.29) is 11.5 Å². The Bertz CT molecular complexity index is 1170. The number of aromatic nitrogens is 3. The van der Waals surface area contributed by atoms with Crippen LogP contribution in [0.5, 0.6) is 0 Å². The van der Waals surface area contributed by atoms with E-state index in [0.717, 1.165) is 30.8 Å². The van der Waals surface area contributed by atoms with E-state index < -0.39 is 0 Å². The Morgan fingerprint density at radius 2 is 1.94 bits per heavy atom. The van der Waals surface area contributed by atoms with Crippen LogP contribution in [-0.2, 0) is 7.05 Å². The Balaban J connectivity index is 1.45. The Hall–Kier alpha value is -3.00. The molecule has 3 aromatic rings. The molecule has 4 rings (SSSR count). The molecule has 0 spiro atoms. The standard InChI is InChI=1S/C23H27N5O2S/c1-14-15(2)26-27(4)23(30)19(14)22-25-16(3)20(31-22)21(29)24-12-17-10-11-28(13-17)18-8-6-5-7-9-18/h5-9,17H,10-13H2,1-4H3,(H,24,29)/t17-/m1/s1. The molecule has 0 saturated carbocycles. The quantitative estimate of drug-likeness (QED) is 0.664. The number of nitrogens with one attached hydrogen (secondary N) is 1. The fourth-order valence-corrected chi connectivity index (χ4v) is 5.08. The molecule has 1 saturated heterocycles. The molecule has 7 nitrogen and oxygen atoms in total. The van der Waals surface area contributed by atoms with E-state index in [1.807, 2.05) is 39.0 Å². The van der Waals surface area contributed by atoms with Crippen molar-refractivity contribution in [3.05, 3.63) is 62.5 Å². The van der Waals surface area contributed by atoms with Crippen LogP contribution in [0.4, 0.5) is 5.69 Å². The summed E-state index contributed by atoms with van der Waals surface area (Å²) in [5, 5.41) is 7.87. The molecule has 1 amide bonds. The molecule has 8 heteroatoms. The normalized spacial score (nSPS) is 16.0. The minimum absolute atomic E-state index is 0.125. The molecule has 1 aromatic carbocycles. The number of hydrogen-bond acceptors (Lipinski definition) is 6. The third-order valence-corrected chi connectivity index (χ3v) is 7.07. The van der Waals surface area contributed by atoms with Crippen molar-refractivity contribution in [1.29, 1.82) is 0 Å². The SMILES string of the molecule is Cc1nc(-c2c(C)c(C)nn(C)c2=O)sc1C(=O)NC[C@H]1CCN(c2ccccc2)C1. The lowest BCUT2D eigenvalue weighted by Crippen LogP contribution is -2.30. The Kier molecular flexibility index (Phi) is 5.91. The molecule has 1 N–H and O–H groups in total. The number of anilines is 1. The molecule has 1 aliphatic heterocycles. The maximum Gasteiger partial charge on any atom is 0.277 e. The third-order valence-electron chi connectivity index (χ3n) is 5.90. The van der Waals surface area contributed by atoms with Crippen molar-refractivity contribution in [2.75, 3.05) is 24.5 Å². The van der Waals surface area contributed by atoms with Crippen LogP contribution >= 0.6 is 11.3 Å². The smallest absolute Gasteiger partial charge is 0.277 e. The van der Waals surface area contributed by atoms with E-state index in [1.165, 1.54) is 21.7 Å². The summed E-state index contributed by atoms with van der Waals surface area (Å²) in [5.41, 5.74) is 3.78. The van der Waals surface area contributed by atoms with E-state index in [1.54, 1.807) is 7.05 Å². The molecule has 0 bridgehead atoms. The zero-order valence-electron chi connectivity index (χ0n) is 18.3. The van der Waals surface area contributed by atoms with Gasteiger partial charge in [-0.05, 0) is 50.8 Å². The maximum absolute atomic E-state index is 12.9. The highest BCUT2D eigenvalue weighted by Crippen LogP contribution is 2.29. The second-order valence-corrected chi connectivity index (χ2v) is 9.09. The van der Waals surface area contributed by atoms with Gasteiger partial charge in [0.15, 0.2) is 0 Å². The summed E-state index contributed by atoms with van der Waals surface area (Å²) in [5.74, 6) is 0.286. The number of hydrogen-bond donors (Lipinski definition) is 1. The number of rotatable bonds is 5. The number of carbonyl (C=O) groups excluding carboxylic acids is 1. The van der Waals surface area contributed by atoms with E-state index in [9.17, 15) is 9.59 Å². The van der Waals surface area contributed by atoms with Crippen LogP contribution in [0.2, 0.25) is 0 Å². The predicted molar refractivity (Wildman–Crippen MR) is 124 cm³/mol. The first-order valence-corrected chi connectivity index (χ1v) is 11.3. The van der Waals surface area contributed by atoms with Gasteiger partial charge in [-0.1, -0.05) is 18.2 Å². The van der Waals surface area contributed by atoms with Crippen LogP contribution in [0.25, 0.3) is 10.6 Å². The highest BCUT2D eigenvalue weighted by atomic mass is 32.1. The summed E-state index contributed by atoms with van der Waals surface area (Å²) in [4.78, 5) is 33.0. The van der Waals surface area contributed by atoms with Gasteiger partial charge >= 0.3 is 0 Å². The highest BCUT2D eigenvalue weighted by Gasteiger charge is 2.25. The summed E-state index contributed by atoms with van der Waals surface area (Å²) in [6.07, 6.45) is 1.05. The molecule has 1 atom stereocenters. The molecule has 31 heavy (non-hydrogen) atoms. The second-order valence-electron chi connectivity index (χ2n) is 8.09. The molecular weight excluding hydrogens is 410 g/mol. The lowest BCUT2D eigenvalue weighted by atomic mass is 10.1. The number of thiazole rings is 1. The monoisotopic (exact) mass is 437 g/mol. The topological polar surface area (TPSA) is 80.1 Å². The summed E-state index contributed by atoms with van der Waals surface area (Å²) < 4.78 is 1.33. The lowest BCUT2D eigenvalue weighted by Gasteiger charge is -2.18. The zero-order chi connectivity index (χ0) is 22.1. The van der Waals surface area contributed by atoms with Gasteiger partial charge in [-0.25, -0.2) is 9.67 Å². The Morgan fingerprint density at radius 1 is 1.19 bits per heavy atom. The molecule has 1 fully saturated rings. The Morgan fingerprint density at radius 3 is 2.68 bits per heavy atom. The molecular formula is C23H27N5O2S. The Labute approximate surface area is 185 Å². The molecule has 0 unspecified atom stereocenters. The average molecular weight is 438 g/mol. The van der Waals surface area contributed by atoms with Crippen molar-refractivity contribution >= 4 is 22.9 Å². The zero-order valence-corrected chi connectivity index (χ0v) is 19.1. The molecule has 0 aliphatic carbocycles. The van der Waals surface area contributed by atoms with Crippen LogP contribution in [-0.4, -0.2) is 40.3 Å². The van der Waals surface area contributed by atoms with Gasteiger partial charge in [0.05, 0.1) is 17.0 Å². The fourth-order valence-electron chi connectivity index (χ4n) is 4.00. The number of nitrogens with zero attached hydrogens (tertiary/aromatic N) is 4. The number of benzene rings is 1. The van der Waals surface area contributed by atoms with Crippen molar-refractivity contribution in [3.63, 3.8) is 0 Å². The van der Waals surface area contributed by atoms with Crippen molar-refractivity contribution in [2.45, 2.75) is 27.2 Å². The highest BCUT2D eigenvalue weighted by molar-refractivity contribution is 7.17. The third kappa shape index (κ3) is 4.25. The van der Waals surface area contributed by atoms with Crippen molar-refractivity contribution in [3.8, 4) is 10.6 Å². The minimum atomic E-state index is -0.198. The van der Waals surface area contributed by atoms with Gasteiger partial charge in [0.2, 0.25) is 0 Å². The van der Waals surface area contributed by atoms with Gasteiger partial charge in [-0.3, -0.25) is 9.59 Å². The first-order valence-electron chi connectivity index (χ1n) is 10.5. The first-order chi connectivity index (χ1) is 14.8. The maximum atomic E-state index is 12.9. The average Bonchev–Trinajstić information content (AvgIpc) is 3.38. The number of para-hydroxylation sites is 1. The second kappa shape index (κ2) is 8.63. The van der Waals surface area contributed by atoms with Gasteiger partial charge in [0, 0.05) is 32.4 Å². The predicted octanol–water partition coefficient (Wildman–Crippen LogP) is 3.09. The molecule has 162 valence electrons. The molecule has 3 heterocycles. The van der Waals surface area contributed by atoms with Gasteiger partial charge in [-0.15, -0.1) is 11.3 Å². The van der Waals surface area contributed by atoms with E-state index in [4.69, 9.17) is 0 Å². The van der Waals surface area contributed by atoms with Gasteiger partial charge < -0.3 is 10.2 Å². The van der Waals surface area contributed by atoms with Gasteiger partial charge in [0.1, 0.15) is 9.88 Å². The fraction of sp³-hybridized carbons (Fsp3) is 0.391. The van der Waals surface area contributed by atoms with Crippen LogP contribution < -0.4 is 15.8 Å². The van der Waals surface area contributed by atoms with Crippen LogP contribution in [0.15, 0.2) is 35.1 Å². The largest absolute Gasteiger partial charge is 0.371 e. The molecule has 0 radical (unpaired) electrons. The van der Waals surface area contributed by atoms with Crippen LogP contribution in [0, 0.1) is 26.7 Å². The lowest BCUT2D eigenvalue weighted by molar-refractivity contribution is 0.0951. The number of aryl methyl sites for hydroxylation is 3. The number of amides is 1. The van der Waals surface area contributed by atoms with E-state index in [0.29, 0.717) is 33.6 Å². The minimum Gasteiger partial charge on any atom is -0.371 e. The summed E-state index contributed by atoms with van der Waals surface area (Å²) in [6.45, 7) is 8.11. The number of carbonyl (C=O) groups is 1. The van der Waals surface area contributed by atoms with Gasteiger partial charge in [0.25, 0.3) is 11.5 Å². The van der Waals surface area contributed by atoms with E-state index >= 15 is 0 Å². The van der Waals surface area contributed by atoms with Crippen molar-refractivity contribution in [1.82, 2.24) is 20.1 Å². The van der Waals surface area contributed by atoms with Crippen molar-refractivity contribution < 1.29 is 4.79 Å². The summed E-state index contributed by atoms with van der Waals surface area (Å²) in [7, 11) is 1.63. The van der Waals surface area contributed by atoms with Crippen molar-refractivity contribution in [2.24, 2.45) is 13.0 Å². The molecule has 2 aromatic heterocycles. The van der Waals surface area contributed by atoms with E-state index in [2.05, 4.69) is 32.4 Å². The summed E-state index contributed by atoms with van der Waals surface area (Å²) >= 11 is 1.27. The van der Waals surface area contributed by atoms with Crippen LogP contribution in [0.1, 0.15) is 33.0 Å².